The third-order valence-electron chi connectivity index (χ3n) is 3.67. The molecule has 4 nitrogen and oxygen atoms in total. The van der Waals surface area contributed by atoms with Gasteiger partial charge in [0, 0.05) is 11.5 Å². The van der Waals surface area contributed by atoms with Crippen molar-refractivity contribution in [2.24, 2.45) is 7.05 Å². The van der Waals surface area contributed by atoms with Crippen molar-refractivity contribution in [2.45, 2.75) is 6.10 Å². The maximum Gasteiger partial charge on any atom is 0.190 e. The summed E-state index contributed by atoms with van der Waals surface area (Å²) in [5, 5.41) is 0. The van der Waals surface area contributed by atoms with Gasteiger partial charge in [0.25, 0.3) is 0 Å². The summed E-state index contributed by atoms with van der Waals surface area (Å²) >= 11 is 3.50. The van der Waals surface area contributed by atoms with Gasteiger partial charge in [-0.05, 0) is 30.3 Å². The van der Waals surface area contributed by atoms with Gasteiger partial charge < -0.3 is 14.0 Å². The van der Waals surface area contributed by atoms with E-state index in [1.165, 1.54) is 0 Å². The third kappa shape index (κ3) is 2.08. The summed E-state index contributed by atoms with van der Waals surface area (Å²) in [6.07, 6.45) is -0.198. The fourth-order valence-electron chi connectivity index (χ4n) is 2.62. The summed E-state index contributed by atoms with van der Waals surface area (Å²) in [6, 6.07) is 13.8. The zero-order chi connectivity index (χ0) is 14.4. The summed E-state index contributed by atoms with van der Waals surface area (Å²) in [5.41, 5.74) is 2.03. The van der Waals surface area contributed by atoms with Gasteiger partial charge >= 0.3 is 0 Å². The Bertz CT molecular complexity index is 828. The molecule has 0 bridgehead atoms. The molecule has 2 aromatic carbocycles. The predicted octanol–water partition coefficient (Wildman–Crippen LogP) is 3.85. The molecular formula is C16H13BrN2O2. The van der Waals surface area contributed by atoms with Crippen molar-refractivity contribution in [3.63, 3.8) is 0 Å². The van der Waals surface area contributed by atoms with Crippen LogP contribution in [0.25, 0.3) is 11.0 Å². The summed E-state index contributed by atoms with van der Waals surface area (Å²) in [5.74, 6) is 2.43. The van der Waals surface area contributed by atoms with E-state index in [0.717, 1.165) is 32.8 Å². The normalized spacial score (nSPS) is 17.1. The quantitative estimate of drug-likeness (QED) is 0.672. The minimum atomic E-state index is -0.198. The van der Waals surface area contributed by atoms with Crippen molar-refractivity contribution in [3.05, 3.63) is 52.8 Å². The number of aryl methyl sites for hydroxylation is 1. The Morgan fingerprint density at radius 3 is 2.86 bits per heavy atom. The molecule has 0 N–H and O–H groups in total. The first kappa shape index (κ1) is 12.7. The van der Waals surface area contributed by atoms with Gasteiger partial charge in [0.1, 0.15) is 6.61 Å². The largest absolute Gasteiger partial charge is 0.485 e. The van der Waals surface area contributed by atoms with E-state index < -0.39 is 0 Å². The monoisotopic (exact) mass is 344 g/mol. The minimum Gasteiger partial charge on any atom is -0.485 e. The third-order valence-corrected chi connectivity index (χ3v) is 4.17. The van der Waals surface area contributed by atoms with Crippen molar-refractivity contribution in [3.8, 4) is 11.5 Å². The molecule has 5 heteroatoms. The van der Waals surface area contributed by atoms with E-state index in [-0.39, 0.29) is 6.10 Å². The highest BCUT2D eigenvalue weighted by molar-refractivity contribution is 9.10. The number of benzene rings is 2. The molecule has 0 spiro atoms. The smallest absolute Gasteiger partial charge is 0.190 e. The molecule has 21 heavy (non-hydrogen) atoms. The molecule has 0 aliphatic carbocycles. The fourth-order valence-corrected chi connectivity index (χ4v) is 2.97. The highest BCUT2D eigenvalue weighted by atomic mass is 79.9. The number of aromatic nitrogens is 2. The van der Waals surface area contributed by atoms with E-state index in [0.29, 0.717) is 6.61 Å². The van der Waals surface area contributed by atoms with Gasteiger partial charge in [-0.1, -0.05) is 28.1 Å². The van der Waals surface area contributed by atoms with Crippen molar-refractivity contribution in [2.75, 3.05) is 6.61 Å². The Kier molecular flexibility index (Phi) is 2.89. The number of rotatable bonds is 1. The van der Waals surface area contributed by atoms with E-state index in [9.17, 15) is 0 Å². The molecule has 1 aliphatic rings. The number of ether oxygens (including phenoxy) is 2. The lowest BCUT2D eigenvalue weighted by Gasteiger charge is -2.25. The second kappa shape index (κ2) is 4.77. The molecule has 0 saturated heterocycles. The maximum atomic E-state index is 6.04. The lowest BCUT2D eigenvalue weighted by Crippen LogP contribution is -2.24. The van der Waals surface area contributed by atoms with Crippen LogP contribution in [0.3, 0.4) is 0 Å². The van der Waals surface area contributed by atoms with Crippen LogP contribution < -0.4 is 9.47 Å². The Balaban J connectivity index is 1.76. The molecule has 0 amide bonds. The second-order valence-corrected chi connectivity index (χ2v) is 5.94. The van der Waals surface area contributed by atoms with Gasteiger partial charge in [-0.3, -0.25) is 0 Å². The lowest BCUT2D eigenvalue weighted by atomic mass is 10.2. The van der Waals surface area contributed by atoms with Crippen LogP contribution in [0.2, 0.25) is 0 Å². The van der Waals surface area contributed by atoms with E-state index in [2.05, 4.69) is 31.5 Å². The number of halogens is 1. The number of hydrogen-bond acceptors (Lipinski definition) is 3. The Morgan fingerprint density at radius 1 is 1.19 bits per heavy atom. The number of para-hydroxylation sites is 2. The predicted molar refractivity (Wildman–Crippen MR) is 83.7 cm³/mol. The summed E-state index contributed by atoms with van der Waals surface area (Å²) in [4.78, 5) is 4.69. The first-order valence-corrected chi connectivity index (χ1v) is 7.52. The van der Waals surface area contributed by atoms with Crippen LogP contribution in [0, 0.1) is 0 Å². The molecular weight excluding hydrogens is 332 g/mol. The average molecular weight is 345 g/mol. The van der Waals surface area contributed by atoms with Crippen LogP contribution in [-0.2, 0) is 7.05 Å². The molecule has 1 aliphatic heterocycles. The number of imidazole rings is 1. The molecule has 0 saturated carbocycles. The molecule has 106 valence electrons. The van der Waals surface area contributed by atoms with Crippen LogP contribution in [0.15, 0.2) is 46.9 Å². The zero-order valence-electron chi connectivity index (χ0n) is 11.4. The van der Waals surface area contributed by atoms with Crippen LogP contribution >= 0.6 is 15.9 Å². The van der Waals surface area contributed by atoms with E-state index in [1.54, 1.807) is 0 Å². The van der Waals surface area contributed by atoms with Crippen LogP contribution in [0.1, 0.15) is 11.9 Å². The molecule has 0 fully saturated rings. The number of fused-ring (bicyclic) bond motifs is 2. The summed E-state index contributed by atoms with van der Waals surface area (Å²) in [6.45, 7) is 0.468. The number of nitrogens with zero attached hydrogens (tertiary/aromatic N) is 2. The topological polar surface area (TPSA) is 36.3 Å². The summed E-state index contributed by atoms with van der Waals surface area (Å²) < 4.78 is 14.9. The SMILES string of the molecule is Cn1c(C2COc3ccccc3O2)nc2ccc(Br)cc21. The van der Waals surface area contributed by atoms with Crippen molar-refractivity contribution in [1.29, 1.82) is 0 Å². The minimum absolute atomic E-state index is 0.198. The molecule has 2 heterocycles. The van der Waals surface area contributed by atoms with Gasteiger partial charge in [-0.15, -0.1) is 0 Å². The molecule has 1 aromatic heterocycles. The van der Waals surface area contributed by atoms with Gasteiger partial charge in [0.05, 0.1) is 11.0 Å². The lowest BCUT2D eigenvalue weighted by molar-refractivity contribution is 0.0835. The van der Waals surface area contributed by atoms with Crippen molar-refractivity contribution in [1.82, 2.24) is 9.55 Å². The van der Waals surface area contributed by atoms with Gasteiger partial charge in [0.15, 0.2) is 23.4 Å². The van der Waals surface area contributed by atoms with Crippen LogP contribution in [0.4, 0.5) is 0 Å². The first-order valence-electron chi connectivity index (χ1n) is 6.73. The fraction of sp³-hybridized carbons (Fsp3) is 0.188. The zero-order valence-corrected chi connectivity index (χ0v) is 13.0. The molecule has 3 aromatic rings. The van der Waals surface area contributed by atoms with Crippen LogP contribution in [0.5, 0.6) is 11.5 Å². The first-order chi connectivity index (χ1) is 10.2. The summed E-state index contributed by atoms with van der Waals surface area (Å²) in [7, 11) is 2.00. The molecule has 1 atom stereocenters. The Hall–Kier alpha value is -2.01. The van der Waals surface area contributed by atoms with Gasteiger partial charge in [0.2, 0.25) is 0 Å². The average Bonchev–Trinajstić information content (AvgIpc) is 2.84. The van der Waals surface area contributed by atoms with Gasteiger partial charge in [-0.25, -0.2) is 4.98 Å². The standard InChI is InChI=1S/C16H13BrN2O2/c1-19-12-8-10(17)6-7-11(12)18-16(19)15-9-20-13-4-2-3-5-14(13)21-15/h2-8,15H,9H2,1H3. The Labute approximate surface area is 130 Å². The molecule has 1 unspecified atom stereocenters. The molecule has 0 radical (unpaired) electrons. The highest BCUT2D eigenvalue weighted by Gasteiger charge is 2.26. The maximum absolute atomic E-state index is 6.04. The Morgan fingerprint density at radius 2 is 2.00 bits per heavy atom. The van der Waals surface area contributed by atoms with Gasteiger partial charge in [-0.2, -0.15) is 0 Å². The number of hydrogen-bond donors (Lipinski definition) is 0. The molecule has 4 rings (SSSR count). The van der Waals surface area contributed by atoms with E-state index in [1.807, 2.05) is 43.4 Å². The highest BCUT2D eigenvalue weighted by Crippen LogP contribution is 2.36. The van der Waals surface area contributed by atoms with Crippen LogP contribution in [-0.4, -0.2) is 16.2 Å². The van der Waals surface area contributed by atoms with Crippen molar-refractivity contribution < 1.29 is 9.47 Å². The van der Waals surface area contributed by atoms with Crippen molar-refractivity contribution >= 4 is 27.0 Å². The van der Waals surface area contributed by atoms with E-state index in [4.69, 9.17) is 9.47 Å². The van der Waals surface area contributed by atoms with E-state index >= 15 is 0 Å². The second-order valence-electron chi connectivity index (χ2n) is 5.03.